The van der Waals surface area contributed by atoms with Crippen LogP contribution in [0.3, 0.4) is 0 Å². The highest BCUT2D eigenvalue weighted by atomic mass is 19.1. The Kier molecular flexibility index (Phi) is 4.61. The van der Waals surface area contributed by atoms with Crippen molar-refractivity contribution in [2.45, 2.75) is 25.8 Å². The first-order valence-electron chi connectivity index (χ1n) is 7.44. The van der Waals surface area contributed by atoms with E-state index >= 15 is 0 Å². The molecule has 0 aliphatic heterocycles. The van der Waals surface area contributed by atoms with Gasteiger partial charge in [-0.15, -0.1) is 0 Å². The molecule has 3 rings (SSSR count). The third-order valence-corrected chi connectivity index (χ3v) is 3.55. The molecule has 0 spiro atoms. The van der Waals surface area contributed by atoms with Crippen LogP contribution in [0.2, 0.25) is 0 Å². The van der Waals surface area contributed by atoms with Gasteiger partial charge >= 0.3 is 0 Å². The molecule has 23 heavy (non-hydrogen) atoms. The highest BCUT2D eigenvalue weighted by Gasteiger charge is 2.13. The van der Waals surface area contributed by atoms with Crippen molar-refractivity contribution in [1.29, 1.82) is 0 Å². The molecule has 0 aliphatic carbocycles. The van der Waals surface area contributed by atoms with Crippen LogP contribution in [0.25, 0.3) is 11.3 Å². The van der Waals surface area contributed by atoms with Gasteiger partial charge in [0.15, 0.2) is 11.5 Å². The van der Waals surface area contributed by atoms with Crippen LogP contribution >= 0.6 is 0 Å². The summed E-state index contributed by atoms with van der Waals surface area (Å²) in [4.78, 5) is 16.1. The number of carbonyl (C=O) groups excluding carboxylic acids is 1. The Bertz CT molecular complexity index is 764. The number of hydrogen-bond donors (Lipinski definition) is 0. The van der Waals surface area contributed by atoms with Crippen LogP contribution in [0.4, 0.5) is 4.39 Å². The summed E-state index contributed by atoms with van der Waals surface area (Å²) < 4.78 is 20.1. The van der Waals surface area contributed by atoms with Crippen molar-refractivity contribution in [3.05, 3.63) is 60.6 Å². The van der Waals surface area contributed by atoms with E-state index in [9.17, 15) is 9.18 Å². The average Bonchev–Trinajstić information content (AvgIpc) is 3.24. The SMILES string of the molecule is O=C(CCCCn1ccnc1)c1cc(-c2ccc(F)cc2)on1. The fourth-order valence-corrected chi connectivity index (χ4v) is 2.28. The minimum absolute atomic E-state index is 0.0484. The second-order valence-corrected chi connectivity index (χ2v) is 5.26. The number of halogens is 1. The lowest BCUT2D eigenvalue weighted by atomic mass is 10.1. The van der Waals surface area contributed by atoms with Crippen LogP contribution < -0.4 is 0 Å². The van der Waals surface area contributed by atoms with E-state index in [-0.39, 0.29) is 11.6 Å². The van der Waals surface area contributed by atoms with Gasteiger partial charge in [0, 0.05) is 37.0 Å². The zero-order valence-electron chi connectivity index (χ0n) is 12.5. The first kappa shape index (κ1) is 15.1. The van der Waals surface area contributed by atoms with E-state index < -0.39 is 0 Å². The number of hydrogen-bond acceptors (Lipinski definition) is 4. The number of aromatic nitrogens is 3. The maximum absolute atomic E-state index is 12.9. The molecule has 5 nitrogen and oxygen atoms in total. The number of benzene rings is 1. The molecule has 1 aromatic carbocycles. The fraction of sp³-hybridized carbons (Fsp3) is 0.235. The fourth-order valence-electron chi connectivity index (χ4n) is 2.28. The number of Topliss-reactive ketones (excluding diaryl/α,β-unsaturated/α-hetero) is 1. The number of imidazole rings is 1. The van der Waals surface area contributed by atoms with E-state index in [1.54, 1.807) is 30.7 Å². The zero-order chi connectivity index (χ0) is 16.1. The Morgan fingerprint density at radius 1 is 1.22 bits per heavy atom. The summed E-state index contributed by atoms with van der Waals surface area (Å²) in [5.41, 5.74) is 1.00. The second kappa shape index (κ2) is 7.00. The summed E-state index contributed by atoms with van der Waals surface area (Å²) in [7, 11) is 0. The molecule has 3 aromatic rings. The summed E-state index contributed by atoms with van der Waals surface area (Å²) in [6.45, 7) is 0.840. The molecule has 0 radical (unpaired) electrons. The van der Waals surface area contributed by atoms with Gasteiger partial charge in [0.25, 0.3) is 0 Å². The third kappa shape index (κ3) is 3.91. The van der Waals surface area contributed by atoms with Crippen molar-refractivity contribution >= 4 is 5.78 Å². The zero-order valence-corrected chi connectivity index (χ0v) is 12.5. The van der Waals surface area contributed by atoms with E-state index in [2.05, 4.69) is 10.1 Å². The Balaban J connectivity index is 1.52. The molecule has 2 heterocycles. The Labute approximate surface area is 132 Å². The first-order valence-corrected chi connectivity index (χ1v) is 7.44. The van der Waals surface area contributed by atoms with Crippen molar-refractivity contribution in [3.8, 4) is 11.3 Å². The van der Waals surface area contributed by atoms with Crippen molar-refractivity contribution in [3.63, 3.8) is 0 Å². The molecule has 118 valence electrons. The summed E-state index contributed by atoms with van der Waals surface area (Å²) >= 11 is 0. The number of carbonyl (C=O) groups is 1. The van der Waals surface area contributed by atoms with E-state index in [1.165, 1.54) is 12.1 Å². The molecule has 0 unspecified atom stereocenters. The number of nitrogens with zero attached hydrogens (tertiary/aromatic N) is 3. The molecule has 0 amide bonds. The summed E-state index contributed by atoms with van der Waals surface area (Å²) in [6, 6.07) is 7.47. The molecule has 0 saturated heterocycles. The van der Waals surface area contributed by atoms with Gasteiger partial charge < -0.3 is 9.09 Å². The van der Waals surface area contributed by atoms with Crippen molar-refractivity contribution < 1.29 is 13.7 Å². The average molecular weight is 313 g/mol. The van der Waals surface area contributed by atoms with Gasteiger partial charge in [-0.2, -0.15) is 0 Å². The minimum atomic E-state index is -0.317. The lowest BCUT2D eigenvalue weighted by molar-refractivity contribution is 0.0970. The van der Waals surface area contributed by atoms with Gasteiger partial charge in [0.1, 0.15) is 11.5 Å². The third-order valence-electron chi connectivity index (χ3n) is 3.55. The van der Waals surface area contributed by atoms with Crippen LogP contribution in [0, 0.1) is 5.82 Å². The molecule has 0 aliphatic rings. The monoisotopic (exact) mass is 313 g/mol. The topological polar surface area (TPSA) is 60.9 Å². The quantitative estimate of drug-likeness (QED) is 0.492. The van der Waals surface area contributed by atoms with Crippen molar-refractivity contribution in [2.24, 2.45) is 0 Å². The van der Waals surface area contributed by atoms with E-state index in [1.807, 2.05) is 10.8 Å². The first-order chi connectivity index (χ1) is 11.2. The van der Waals surface area contributed by atoms with Crippen molar-refractivity contribution in [2.75, 3.05) is 0 Å². The van der Waals surface area contributed by atoms with Crippen LogP contribution in [0.1, 0.15) is 29.8 Å². The predicted molar refractivity (Wildman–Crippen MR) is 82.3 cm³/mol. The maximum Gasteiger partial charge on any atom is 0.184 e. The number of rotatable bonds is 7. The summed E-state index contributed by atoms with van der Waals surface area (Å²) in [5.74, 6) is 0.0990. The maximum atomic E-state index is 12.9. The molecular formula is C17H16FN3O2. The van der Waals surface area contributed by atoms with Crippen LogP contribution in [0.5, 0.6) is 0 Å². The van der Waals surface area contributed by atoms with Gasteiger partial charge in [-0.05, 0) is 37.1 Å². The van der Waals surface area contributed by atoms with E-state index in [0.717, 1.165) is 19.4 Å². The highest BCUT2D eigenvalue weighted by Crippen LogP contribution is 2.21. The molecule has 0 N–H and O–H groups in total. The van der Waals surface area contributed by atoms with Crippen LogP contribution in [-0.4, -0.2) is 20.5 Å². The van der Waals surface area contributed by atoms with Crippen LogP contribution in [0.15, 0.2) is 53.6 Å². The number of aryl methyl sites for hydroxylation is 1. The van der Waals surface area contributed by atoms with E-state index in [0.29, 0.717) is 23.4 Å². The van der Waals surface area contributed by atoms with Crippen LogP contribution in [-0.2, 0) is 6.54 Å². The van der Waals surface area contributed by atoms with Gasteiger partial charge in [-0.1, -0.05) is 5.16 Å². The summed E-state index contributed by atoms with van der Waals surface area (Å²) in [6.07, 6.45) is 7.48. The molecule has 0 saturated carbocycles. The lowest BCUT2D eigenvalue weighted by Gasteiger charge is -2.00. The van der Waals surface area contributed by atoms with Gasteiger partial charge in [-0.3, -0.25) is 4.79 Å². The van der Waals surface area contributed by atoms with Gasteiger partial charge in [0.2, 0.25) is 0 Å². The Morgan fingerprint density at radius 3 is 2.78 bits per heavy atom. The largest absolute Gasteiger partial charge is 0.356 e. The lowest BCUT2D eigenvalue weighted by Crippen LogP contribution is -2.01. The predicted octanol–water partition coefficient (Wildman–Crippen LogP) is 3.73. The molecule has 0 bridgehead atoms. The molecular weight excluding hydrogens is 297 g/mol. The Hall–Kier alpha value is -2.76. The second-order valence-electron chi connectivity index (χ2n) is 5.26. The summed E-state index contributed by atoms with van der Waals surface area (Å²) in [5, 5.41) is 3.81. The van der Waals surface area contributed by atoms with Crippen molar-refractivity contribution in [1.82, 2.24) is 14.7 Å². The molecule has 2 aromatic heterocycles. The smallest absolute Gasteiger partial charge is 0.184 e. The number of ketones is 1. The molecule has 0 atom stereocenters. The normalized spacial score (nSPS) is 10.8. The number of unbranched alkanes of at least 4 members (excludes halogenated alkanes) is 1. The van der Waals surface area contributed by atoms with Gasteiger partial charge in [-0.25, -0.2) is 9.37 Å². The van der Waals surface area contributed by atoms with E-state index in [4.69, 9.17) is 4.52 Å². The molecule has 0 fully saturated rings. The Morgan fingerprint density at radius 2 is 2.04 bits per heavy atom. The minimum Gasteiger partial charge on any atom is -0.356 e. The highest BCUT2D eigenvalue weighted by molar-refractivity contribution is 5.94. The molecule has 6 heteroatoms. The van der Waals surface area contributed by atoms with Gasteiger partial charge in [0.05, 0.1) is 6.33 Å². The standard InChI is InChI=1S/C17H16FN3O2/c18-14-6-4-13(5-7-14)17-11-15(20-23-17)16(22)3-1-2-9-21-10-8-19-12-21/h4-8,10-12H,1-3,9H2.